The van der Waals surface area contributed by atoms with E-state index in [2.05, 4.69) is 4.98 Å². The highest BCUT2D eigenvalue weighted by Gasteiger charge is 2.23. The highest BCUT2D eigenvalue weighted by molar-refractivity contribution is 5.77. The molecule has 0 aliphatic carbocycles. The number of benzene rings is 1. The number of aromatic nitrogens is 2. The smallest absolute Gasteiger partial charge is 0.261 e. The van der Waals surface area contributed by atoms with E-state index >= 15 is 0 Å². The first kappa shape index (κ1) is 12.8. The van der Waals surface area contributed by atoms with E-state index in [4.69, 9.17) is 0 Å². The third kappa shape index (κ3) is 2.19. The Morgan fingerprint density at radius 3 is 2.65 bits per heavy atom. The van der Waals surface area contributed by atoms with Crippen molar-refractivity contribution in [2.45, 2.75) is 25.8 Å². The number of fused-ring (bicyclic) bond motifs is 1. The molecule has 0 radical (unpaired) electrons. The molecule has 0 atom stereocenters. The van der Waals surface area contributed by atoms with Crippen LogP contribution in [0.25, 0.3) is 10.9 Å². The molecule has 0 unspecified atom stereocenters. The zero-order valence-corrected chi connectivity index (χ0v) is 11.5. The van der Waals surface area contributed by atoms with Gasteiger partial charge in [0, 0.05) is 26.1 Å². The molecule has 0 bridgehead atoms. The first-order valence-electron chi connectivity index (χ1n) is 6.88. The molecule has 104 valence electrons. The minimum atomic E-state index is 0.0110. The summed E-state index contributed by atoms with van der Waals surface area (Å²) in [6, 6.07) is 7.53. The van der Waals surface area contributed by atoms with Crippen LogP contribution in [0.1, 0.15) is 25.8 Å². The van der Waals surface area contributed by atoms with Crippen LogP contribution in [0.3, 0.4) is 0 Å². The number of rotatable bonds is 1. The van der Waals surface area contributed by atoms with Crippen LogP contribution in [0.5, 0.6) is 0 Å². The van der Waals surface area contributed by atoms with E-state index in [0.29, 0.717) is 18.5 Å². The average molecular weight is 271 g/mol. The molecule has 1 aliphatic rings. The normalized spacial score (nSPS) is 16.6. The van der Waals surface area contributed by atoms with Gasteiger partial charge in [-0.2, -0.15) is 0 Å². The lowest BCUT2D eigenvalue weighted by Gasteiger charge is -2.32. The lowest BCUT2D eigenvalue weighted by atomic mass is 10.0. The molecule has 5 nitrogen and oxygen atoms in total. The Bertz CT molecular complexity index is 700. The predicted molar refractivity (Wildman–Crippen MR) is 76.5 cm³/mol. The van der Waals surface area contributed by atoms with E-state index in [1.807, 2.05) is 29.2 Å². The Morgan fingerprint density at radius 1 is 1.25 bits per heavy atom. The number of para-hydroxylation sites is 1. The van der Waals surface area contributed by atoms with Crippen molar-refractivity contribution in [2.75, 3.05) is 13.1 Å². The lowest BCUT2D eigenvalue weighted by Crippen LogP contribution is -2.39. The van der Waals surface area contributed by atoms with Gasteiger partial charge in [0.25, 0.3) is 5.56 Å². The molecule has 1 amide bonds. The zero-order chi connectivity index (χ0) is 14.1. The summed E-state index contributed by atoms with van der Waals surface area (Å²) in [4.78, 5) is 30.0. The van der Waals surface area contributed by atoms with Crippen molar-refractivity contribution < 1.29 is 4.79 Å². The molecular weight excluding hydrogens is 254 g/mol. The number of carbonyl (C=O) groups excluding carboxylic acids is 1. The van der Waals surface area contributed by atoms with Crippen LogP contribution in [0.15, 0.2) is 35.4 Å². The van der Waals surface area contributed by atoms with Gasteiger partial charge in [0.05, 0.1) is 17.2 Å². The molecule has 0 N–H and O–H groups in total. The Morgan fingerprint density at radius 2 is 1.95 bits per heavy atom. The van der Waals surface area contributed by atoms with E-state index in [0.717, 1.165) is 18.4 Å². The minimum Gasteiger partial charge on any atom is -0.343 e. The monoisotopic (exact) mass is 271 g/mol. The number of piperidine rings is 1. The van der Waals surface area contributed by atoms with Gasteiger partial charge in [-0.15, -0.1) is 0 Å². The summed E-state index contributed by atoms with van der Waals surface area (Å²) in [6.07, 6.45) is 3.25. The van der Waals surface area contributed by atoms with Gasteiger partial charge < -0.3 is 4.90 Å². The molecule has 0 saturated carbocycles. The molecule has 5 heteroatoms. The van der Waals surface area contributed by atoms with Crippen molar-refractivity contribution in [3.63, 3.8) is 0 Å². The molecule has 0 spiro atoms. The molecule has 2 aromatic rings. The molecular formula is C15H17N3O2. The maximum absolute atomic E-state index is 12.5. The molecule has 20 heavy (non-hydrogen) atoms. The second kappa shape index (κ2) is 5.07. The Labute approximate surface area is 116 Å². The molecule has 1 saturated heterocycles. The third-order valence-corrected chi connectivity index (χ3v) is 3.99. The van der Waals surface area contributed by atoms with Gasteiger partial charge in [-0.1, -0.05) is 12.1 Å². The molecule has 1 aliphatic heterocycles. The predicted octanol–water partition coefficient (Wildman–Crippen LogP) is 1.58. The second-order valence-electron chi connectivity index (χ2n) is 5.21. The molecule has 2 heterocycles. The molecule has 1 aromatic heterocycles. The molecule has 1 fully saturated rings. The summed E-state index contributed by atoms with van der Waals surface area (Å²) in [5.41, 5.74) is 0.742. The third-order valence-electron chi connectivity index (χ3n) is 3.99. The summed E-state index contributed by atoms with van der Waals surface area (Å²) in [6.45, 7) is 3.00. The maximum Gasteiger partial charge on any atom is 0.261 e. The van der Waals surface area contributed by atoms with Gasteiger partial charge >= 0.3 is 0 Å². The van der Waals surface area contributed by atoms with Crippen LogP contribution in [-0.4, -0.2) is 33.4 Å². The van der Waals surface area contributed by atoms with Gasteiger partial charge in [-0.25, -0.2) is 4.98 Å². The van der Waals surface area contributed by atoms with Crippen molar-refractivity contribution in [1.82, 2.24) is 14.5 Å². The zero-order valence-electron chi connectivity index (χ0n) is 11.5. The Kier molecular flexibility index (Phi) is 3.26. The van der Waals surface area contributed by atoms with Crippen LogP contribution in [0.2, 0.25) is 0 Å². The average Bonchev–Trinajstić information content (AvgIpc) is 2.48. The second-order valence-corrected chi connectivity index (χ2v) is 5.21. The number of hydrogen-bond donors (Lipinski definition) is 0. The topological polar surface area (TPSA) is 55.2 Å². The van der Waals surface area contributed by atoms with Crippen LogP contribution in [0.4, 0.5) is 0 Å². The van der Waals surface area contributed by atoms with Crippen LogP contribution < -0.4 is 5.56 Å². The minimum absolute atomic E-state index is 0.0110. The SMILES string of the molecule is CC(=O)N1CCC(n2cnc3ccccc3c2=O)CC1. The maximum atomic E-state index is 12.5. The fourth-order valence-electron chi connectivity index (χ4n) is 2.80. The van der Waals surface area contributed by atoms with Gasteiger partial charge in [-0.05, 0) is 25.0 Å². The van der Waals surface area contributed by atoms with Gasteiger partial charge in [-0.3, -0.25) is 14.2 Å². The summed E-state index contributed by atoms with van der Waals surface area (Å²) in [7, 11) is 0. The van der Waals surface area contributed by atoms with E-state index in [1.54, 1.807) is 17.8 Å². The van der Waals surface area contributed by atoms with Crippen molar-refractivity contribution >= 4 is 16.8 Å². The number of likely N-dealkylation sites (tertiary alicyclic amines) is 1. The summed E-state index contributed by atoms with van der Waals surface area (Å²) in [5.74, 6) is 0.104. The highest BCUT2D eigenvalue weighted by Crippen LogP contribution is 2.21. The van der Waals surface area contributed by atoms with Crippen molar-refractivity contribution in [2.24, 2.45) is 0 Å². The number of nitrogens with zero attached hydrogens (tertiary/aromatic N) is 3. The molecule has 3 rings (SSSR count). The summed E-state index contributed by atoms with van der Waals surface area (Å²) >= 11 is 0. The highest BCUT2D eigenvalue weighted by atomic mass is 16.2. The summed E-state index contributed by atoms with van der Waals surface area (Å²) < 4.78 is 1.72. The first-order valence-corrected chi connectivity index (χ1v) is 6.88. The van der Waals surface area contributed by atoms with E-state index in [-0.39, 0.29) is 17.5 Å². The van der Waals surface area contributed by atoms with Crippen LogP contribution in [0, 0.1) is 0 Å². The molecule has 1 aromatic carbocycles. The van der Waals surface area contributed by atoms with Crippen molar-refractivity contribution in [3.05, 3.63) is 40.9 Å². The fraction of sp³-hybridized carbons (Fsp3) is 0.400. The first-order chi connectivity index (χ1) is 9.66. The number of carbonyl (C=O) groups is 1. The fourth-order valence-corrected chi connectivity index (χ4v) is 2.80. The number of hydrogen-bond acceptors (Lipinski definition) is 3. The summed E-state index contributed by atoms with van der Waals surface area (Å²) in [5, 5.41) is 0.656. The Hall–Kier alpha value is -2.17. The largest absolute Gasteiger partial charge is 0.343 e. The van der Waals surface area contributed by atoms with Crippen molar-refractivity contribution in [3.8, 4) is 0 Å². The van der Waals surface area contributed by atoms with E-state index in [1.165, 1.54) is 0 Å². The van der Waals surface area contributed by atoms with Gasteiger partial charge in [0.15, 0.2) is 0 Å². The van der Waals surface area contributed by atoms with E-state index in [9.17, 15) is 9.59 Å². The van der Waals surface area contributed by atoms with E-state index < -0.39 is 0 Å². The number of amides is 1. The van der Waals surface area contributed by atoms with Crippen LogP contribution >= 0.6 is 0 Å². The van der Waals surface area contributed by atoms with Crippen molar-refractivity contribution in [1.29, 1.82) is 0 Å². The standard InChI is InChI=1S/C15H17N3O2/c1-11(19)17-8-6-12(7-9-17)18-10-16-14-5-3-2-4-13(14)15(18)20/h2-5,10,12H,6-9H2,1H3. The van der Waals surface area contributed by atoms with Crippen LogP contribution in [-0.2, 0) is 4.79 Å². The van der Waals surface area contributed by atoms with Gasteiger partial charge in [0.1, 0.15) is 0 Å². The Balaban J connectivity index is 1.90. The van der Waals surface area contributed by atoms with Gasteiger partial charge in [0.2, 0.25) is 5.91 Å². The lowest BCUT2D eigenvalue weighted by molar-refractivity contribution is -0.130. The quantitative estimate of drug-likeness (QED) is 0.791.